The van der Waals surface area contributed by atoms with Crippen molar-refractivity contribution in [2.45, 2.75) is 44.6 Å². The Kier molecular flexibility index (Phi) is 4.77. The van der Waals surface area contributed by atoms with E-state index in [4.69, 9.17) is 15.2 Å². The van der Waals surface area contributed by atoms with Crippen LogP contribution in [0, 0.1) is 0 Å². The lowest BCUT2D eigenvalue weighted by Crippen LogP contribution is -2.19. The molecule has 2 rings (SSSR count). The molecule has 0 radical (unpaired) electrons. The fourth-order valence-electron chi connectivity index (χ4n) is 2.66. The highest BCUT2D eigenvalue weighted by atomic mass is 16.5. The molecule has 1 aromatic carbocycles. The van der Waals surface area contributed by atoms with Crippen molar-refractivity contribution in [3.63, 3.8) is 0 Å². The van der Waals surface area contributed by atoms with Gasteiger partial charge in [0, 0.05) is 18.2 Å². The van der Waals surface area contributed by atoms with Gasteiger partial charge in [0.25, 0.3) is 0 Å². The van der Waals surface area contributed by atoms with Crippen molar-refractivity contribution in [3.05, 3.63) is 12.1 Å². The molecule has 106 valence electrons. The molecule has 3 N–H and O–H groups in total. The van der Waals surface area contributed by atoms with Gasteiger partial charge in [-0.05, 0) is 12.8 Å². The Labute approximate surface area is 115 Å². The molecule has 0 bridgehead atoms. The van der Waals surface area contributed by atoms with Crippen LogP contribution >= 0.6 is 0 Å². The minimum Gasteiger partial charge on any atom is -0.493 e. The van der Waals surface area contributed by atoms with Crippen LogP contribution in [-0.2, 0) is 0 Å². The number of nitrogens with one attached hydrogen (secondary N) is 1. The van der Waals surface area contributed by atoms with E-state index in [0.717, 1.165) is 5.69 Å². The van der Waals surface area contributed by atoms with Gasteiger partial charge < -0.3 is 20.5 Å². The van der Waals surface area contributed by atoms with E-state index >= 15 is 0 Å². The number of nitrogen functional groups attached to an aromatic ring is 1. The topological polar surface area (TPSA) is 56.5 Å². The molecule has 0 unspecified atom stereocenters. The maximum atomic E-state index is 6.08. The van der Waals surface area contributed by atoms with Gasteiger partial charge in [-0.15, -0.1) is 0 Å². The third-order valence-electron chi connectivity index (χ3n) is 3.77. The highest BCUT2D eigenvalue weighted by Crippen LogP contribution is 2.35. The molecular formula is C15H24N2O2. The normalized spacial score (nSPS) is 16.7. The van der Waals surface area contributed by atoms with Crippen LogP contribution in [0.2, 0.25) is 0 Å². The molecule has 0 saturated heterocycles. The molecule has 1 aromatic rings. The van der Waals surface area contributed by atoms with E-state index in [1.54, 1.807) is 14.2 Å². The van der Waals surface area contributed by atoms with E-state index < -0.39 is 0 Å². The van der Waals surface area contributed by atoms with Crippen LogP contribution < -0.4 is 20.5 Å². The molecule has 0 spiro atoms. The minimum atomic E-state index is 0.517. The number of anilines is 2. The van der Waals surface area contributed by atoms with E-state index in [1.807, 2.05) is 12.1 Å². The summed E-state index contributed by atoms with van der Waals surface area (Å²) < 4.78 is 10.6. The Morgan fingerprint density at radius 2 is 1.58 bits per heavy atom. The molecule has 1 fully saturated rings. The van der Waals surface area contributed by atoms with Gasteiger partial charge in [-0.25, -0.2) is 0 Å². The van der Waals surface area contributed by atoms with Crippen LogP contribution in [0.1, 0.15) is 38.5 Å². The molecule has 0 amide bonds. The van der Waals surface area contributed by atoms with Crippen molar-refractivity contribution in [1.29, 1.82) is 0 Å². The maximum absolute atomic E-state index is 6.08. The first-order chi connectivity index (χ1) is 9.24. The van der Waals surface area contributed by atoms with E-state index in [9.17, 15) is 0 Å². The molecule has 4 heteroatoms. The Morgan fingerprint density at radius 1 is 1.00 bits per heavy atom. The van der Waals surface area contributed by atoms with Crippen molar-refractivity contribution in [3.8, 4) is 11.5 Å². The summed E-state index contributed by atoms with van der Waals surface area (Å²) in [5.41, 5.74) is 7.74. The van der Waals surface area contributed by atoms with Crippen molar-refractivity contribution in [1.82, 2.24) is 0 Å². The predicted octanol–water partition coefficient (Wildman–Crippen LogP) is 3.42. The van der Waals surface area contributed by atoms with Gasteiger partial charge in [-0.1, -0.05) is 25.7 Å². The van der Waals surface area contributed by atoms with Gasteiger partial charge in [-0.3, -0.25) is 0 Å². The number of methoxy groups -OCH3 is 2. The van der Waals surface area contributed by atoms with Gasteiger partial charge in [0.05, 0.1) is 25.6 Å². The number of ether oxygens (including phenoxy) is 2. The monoisotopic (exact) mass is 264 g/mol. The Morgan fingerprint density at radius 3 is 2.16 bits per heavy atom. The van der Waals surface area contributed by atoms with Gasteiger partial charge in [0.15, 0.2) is 11.5 Å². The zero-order valence-corrected chi connectivity index (χ0v) is 11.9. The third kappa shape index (κ3) is 3.46. The number of hydrogen-bond acceptors (Lipinski definition) is 4. The molecular weight excluding hydrogens is 240 g/mol. The fourth-order valence-corrected chi connectivity index (χ4v) is 2.66. The molecule has 1 saturated carbocycles. The van der Waals surface area contributed by atoms with Crippen molar-refractivity contribution in [2.24, 2.45) is 0 Å². The Hall–Kier alpha value is -1.58. The number of nitrogens with two attached hydrogens (primary N) is 1. The lowest BCUT2D eigenvalue weighted by Gasteiger charge is -2.20. The molecule has 0 atom stereocenters. The van der Waals surface area contributed by atoms with E-state index in [2.05, 4.69) is 5.32 Å². The number of benzene rings is 1. The highest BCUT2D eigenvalue weighted by molar-refractivity contribution is 5.72. The third-order valence-corrected chi connectivity index (χ3v) is 3.77. The molecule has 19 heavy (non-hydrogen) atoms. The lowest BCUT2D eigenvalue weighted by atomic mass is 10.1. The largest absolute Gasteiger partial charge is 0.493 e. The lowest BCUT2D eigenvalue weighted by molar-refractivity contribution is 0.355. The zero-order valence-electron chi connectivity index (χ0n) is 11.9. The minimum absolute atomic E-state index is 0.517. The second-order valence-corrected chi connectivity index (χ2v) is 5.13. The Bertz CT molecular complexity index is 413. The van der Waals surface area contributed by atoms with Gasteiger partial charge in [0.2, 0.25) is 0 Å². The smallest absolute Gasteiger partial charge is 0.162 e. The number of rotatable bonds is 4. The summed E-state index contributed by atoms with van der Waals surface area (Å²) in [7, 11) is 3.26. The summed E-state index contributed by atoms with van der Waals surface area (Å²) in [6, 6.07) is 4.26. The maximum Gasteiger partial charge on any atom is 0.162 e. The van der Waals surface area contributed by atoms with Crippen LogP contribution in [0.25, 0.3) is 0 Å². The SMILES string of the molecule is COc1cc(N)c(NC2CCCCCC2)cc1OC. The first-order valence-electron chi connectivity index (χ1n) is 7.02. The van der Waals surface area contributed by atoms with Crippen LogP contribution in [0.3, 0.4) is 0 Å². The van der Waals surface area contributed by atoms with E-state index in [1.165, 1.54) is 38.5 Å². The van der Waals surface area contributed by atoms with Gasteiger partial charge in [0.1, 0.15) is 0 Å². The summed E-state index contributed by atoms with van der Waals surface area (Å²) in [6.07, 6.45) is 7.72. The van der Waals surface area contributed by atoms with Crippen LogP contribution in [0.15, 0.2) is 12.1 Å². The van der Waals surface area contributed by atoms with Crippen LogP contribution in [-0.4, -0.2) is 20.3 Å². The van der Waals surface area contributed by atoms with Gasteiger partial charge in [-0.2, -0.15) is 0 Å². The van der Waals surface area contributed by atoms with Crippen molar-refractivity contribution >= 4 is 11.4 Å². The summed E-state index contributed by atoms with van der Waals surface area (Å²) in [5.74, 6) is 1.39. The molecule has 0 aliphatic heterocycles. The van der Waals surface area contributed by atoms with E-state index in [-0.39, 0.29) is 0 Å². The first-order valence-corrected chi connectivity index (χ1v) is 7.02. The summed E-state index contributed by atoms with van der Waals surface area (Å²) in [6.45, 7) is 0. The average Bonchev–Trinajstić information content (AvgIpc) is 2.69. The van der Waals surface area contributed by atoms with Crippen LogP contribution in [0.5, 0.6) is 11.5 Å². The second kappa shape index (κ2) is 6.55. The van der Waals surface area contributed by atoms with E-state index in [0.29, 0.717) is 23.2 Å². The summed E-state index contributed by atoms with van der Waals surface area (Å²) >= 11 is 0. The Balaban J connectivity index is 2.14. The zero-order chi connectivity index (χ0) is 13.7. The molecule has 0 aromatic heterocycles. The predicted molar refractivity (Wildman–Crippen MR) is 79.1 cm³/mol. The number of hydrogen-bond donors (Lipinski definition) is 2. The molecule has 4 nitrogen and oxygen atoms in total. The van der Waals surface area contributed by atoms with Crippen LogP contribution in [0.4, 0.5) is 11.4 Å². The molecule has 1 aliphatic carbocycles. The summed E-state index contributed by atoms with van der Waals surface area (Å²) in [5, 5.41) is 3.55. The average molecular weight is 264 g/mol. The quantitative estimate of drug-likeness (QED) is 0.646. The first kappa shape index (κ1) is 13.8. The molecule has 0 heterocycles. The fraction of sp³-hybridized carbons (Fsp3) is 0.600. The van der Waals surface area contributed by atoms with Crippen molar-refractivity contribution < 1.29 is 9.47 Å². The summed E-state index contributed by atoms with van der Waals surface area (Å²) in [4.78, 5) is 0. The van der Waals surface area contributed by atoms with Gasteiger partial charge >= 0.3 is 0 Å². The molecule has 1 aliphatic rings. The second-order valence-electron chi connectivity index (χ2n) is 5.13. The standard InChI is InChI=1S/C15H24N2O2/c1-18-14-9-12(16)13(10-15(14)19-2)17-11-7-5-3-4-6-8-11/h9-11,17H,3-8,16H2,1-2H3. The highest BCUT2D eigenvalue weighted by Gasteiger charge is 2.15. The van der Waals surface area contributed by atoms with Crippen molar-refractivity contribution in [2.75, 3.05) is 25.3 Å².